The van der Waals surface area contributed by atoms with Crippen molar-refractivity contribution in [1.29, 1.82) is 5.26 Å². The van der Waals surface area contributed by atoms with Crippen molar-refractivity contribution >= 4 is 28.4 Å². The number of amides is 1. The number of hydrogen-bond acceptors (Lipinski definition) is 5. The molecule has 2 aromatic heterocycles. The highest BCUT2D eigenvalue weighted by molar-refractivity contribution is 5.86. The predicted molar refractivity (Wildman–Crippen MR) is 119 cm³/mol. The number of benzene rings is 1. The van der Waals surface area contributed by atoms with E-state index in [1.165, 1.54) is 0 Å². The number of rotatable bonds is 2. The van der Waals surface area contributed by atoms with Crippen LogP contribution in [0.1, 0.15) is 42.4 Å². The maximum Gasteiger partial charge on any atom is 0.219 e. The Bertz CT molecular complexity index is 1190. The molecule has 4 heterocycles. The largest absolute Gasteiger partial charge is 0.381 e. The minimum absolute atomic E-state index is 0.123. The smallest absolute Gasteiger partial charge is 0.219 e. The molecule has 2 saturated heterocycles. The summed E-state index contributed by atoms with van der Waals surface area (Å²) in [5.74, 6) is 1.52. The van der Waals surface area contributed by atoms with Gasteiger partial charge in [0.05, 0.1) is 16.6 Å². The number of pyridine rings is 1. The zero-order valence-electron chi connectivity index (χ0n) is 18.1. The van der Waals surface area contributed by atoms with Crippen molar-refractivity contribution in [1.82, 2.24) is 14.3 Å². The zero-order chi connectivity index (χ0) is 21.5. The van der Waals surface area contributed by atoms with Crippen LogP contribution < -0.4 is 4.90 Å². The van der Waals surface area contributed by atoms with Crippen molar-refractivity contribution < 1.29 is 9.53 Å². The van der Waals surface area contributed by atoms with Gasteiger partial charge in [-0.2, -0.15) is 5.26 Å². The summed E-state index contributed by atoms with van der Waals surface area (Å²) in [5, 5.41) is 10.2. The van der Waals surface area contributed by atoms with Gasteiger partial charge in [-0.3, -0.25) is 9.20 Å². The first-order chi connectivity index (χ1) is 15.1. The van der Waals surface area contributed by atoms with Gasteiger partial charge >= 0.3 is 0 Å². The second-order valence-electron chi connectivity index (χ2n) is 8.49. The molecular weight excluding hydrogens is 390 g/mol. The van der Waals surface area contributed by atoms with E-state index in [1.54, 1.807) is 6.92 Å². The summed E-state index contributed by atoms with van der Waals surface area (Å²) in [7, 11) is 0. The highest BCUT2D eigenvalue weighted by Crippen LogP contribution is 2.40. The number of nitriles is 1. The van der Waals surface area contributed by atoms with E-state index in [1.807, 2.05) is 23.1 Å². The van der Waals surface area contributed by atoms with E-state index in [2.05, 4.69) is 28.4 Å². The number of fused-ring (bicyclic) bond motifs is 3. The van der Waals surface area contributed by atoms with Crippen LogP contribution in [0.2, 0.25) is 0 Å². The fourth-order valence-electron chi connectivity index (χ4n) is 5.22. The average molecular weight is 418 g/mol. The number of imidazole rings is 1. The van der Waals surface area contributed by atoms with Crippen molar-refractivity contribution in [2.75, 3.05) is 44.3 Å². The Labute approximate surface area is 181 Å². The van der Waals surface area contributed by atoms with Gasteiger partial charge in [0.1, 0.15) is 11.9 Å². The van der Waals surface area contributed by atoms with E-state index >= 15 is 0 Å². The van der Waals surface area contributed by atoms with Crippen LogP contribution in [-0.4, -0.2) is 59.6 Å². The van der Waals surface area contributed by atoms with Crippen molar-refractivity contribution in [2.24, 2.45) is 0 Å². The fraction of sp³-hybridized carbons (Fsp3) is 0.458. The third kappa shape index (κ3) is 3.22. The normalized spacial score (nSPS) is 18.0. The van der Waals surface area contributed by atoms with Crippen LogP contribution in [0, 0.1) is 18.3 Å². The molecule has 0 saturated carbocycles. The molecule has 0 atom stereocenters. The maximum atomic E-state index is 11.8. The Kier molecular flexibility index (Phi) is 5.03. The number of piperazine rings is 1. The molecule has 7 nitrogen and oxygen atoms in total. The maximum absolute atomic E-state index is 11.8. The number of anilines is 1. The molecule has 0 radical (unpaired) electrons. The lowest BCUT2D eigenvalue weighted by Gasteiger charge is -2.37. The van der Waals surface area contributed by atoms with Gasteiger partial charge in [0, 0.05) is 46.3 Å². The minimum Gasteiger partial charge on any atom is -0.381 e. The molecule has 160 valence electrons. The number of ether oxygens (including phenoxy) is 1. The van der Waals surface area contributed by atoms with Crippen LogP contribution in [0.25, 0.3) is 16.7 Å². The first kappa shape index (κ1) is 19.8. The zero-order valence-corrected chi connectivity index (χ0v) is 18.1. The second-order valence-corrected chi connectivity index (χ2v) is 8.49. The Morgan fingerprint density at radius 2 is 1.87 bits per heavy atom. The first-order valence-corrected chi connectivity index (χ1v) is 11.0. The molecule has 0 bridgehead atoms. The van der Waals surface area contributed by atoms with Crippen LogP contribution >= 0.6 is 0 Å². The summed E-state index contributed by atoms with van der Waals surface area (Å²) >= 11 is 0. The lowest BCUT2D eigenvalue weighted by atomic mass is 9.86. The topological polar surface area (TPSA) is 73.9 Å². The van der Waals surface area contributed by atoms with E-state index in [-0.39, 0.29) is 5.91 Å². The summed E-state index contributed by atoms with van der Waals surface area (Å²) in [6, 6.07) is 10.6. The number of para-hydroxylation sites is 2. The van der Waals surface area contributed by atoms with Crippen molar-refractivity contribution in [3.63, 3.8) is 0 Å². The fourth-order valence-corrected chi connectivity index (χ4v) is 5.22. The van der Waals surface area contributed by atoms with Gasteiger partial charge in [-0.1, -0.05) is 12.1 Å². The Balaban J connectivity index is 1.75. The van der Waals surface area contributed by atoms with Gasteiger partial charge in [-0.05, 0) is 48.9 Å². The summed E-state index contributed by atoms with van der Waals surface area (Å²) in [6.07, 6.45) is 1.84. The minimum atomic E-state index is 0.123. The number of hydrogen-bond donors (Lipinski definition) is 0. The summed E-state index contributed by atoms with van der Waals surface area (Å²) in [4.78, 5) is 21.0. The summed E-state index contributed by atoms with van der Waals surface area (Å²) in [5.41, 5.74) is 5.60. The number of nitrogens with zero attached hydrogens (tertiary/aromatic N) is 5. The van der Waals surface area contributed by atoms with Crippen LogP contribution in [-0.2, 0) is 9.53 Å². The number of carbonyl (C=O) groups is 1. The predicted octanol–water partition coefficient (Wildman–Crippen LogP) is 3.23. The highest BCUT2D eigenvalue weighted by Gasteiger charge is 2.30. The SMILES string of the molecule is CC(=O)N1CCN(c2c(C)c(C3CCOCC3)c(C#N)c3nc4ccccc4n23)CC1. The van der Waals surface area contributed by atoms with Crippen molar-refractivity contribution in [2.45, 2.75) is 32.6 Å². The molecule has 0 unspecified atom stereocenters. The first-order valence-electron chi connectivity index (χ1n) is 11.0. The third-order valence-electron chi connectivity index (χ3n) is 6.77. The van der Waals surface area contributed by atoms with Crippen molar-refractivity contribution in [3.05, 3.63) is 41.0 Å². The average Bonchev–Trinajstić information content (AvgIpc) is 3.18. The number of carbonyl (C=O) groups excluding carboxylic acids is 1. The molecule has 0 spiro atoms. The van der Waals surface area contributed by atoms with Crippen LogP contribution in [0.5, 0.6) is 0 Å². The van der Waals surface area contributed by atoms with Crippen LogP contribution in [0.4, 0.5) is 5.82 Å². The van der Waals surface area contributed by atoms with E-state index in [9.17, 15) is 10.1 Å². The lowest BCUT2D eigenvalue weighted by Crippen LogP contribution is -2.48. The molecule has 31 heavy (non-hydrogen) atoms. The van der Waals surface area contributed by atoms with E-state index in [0.29, 0.717) is 24.6 Å². The van der Waals surface area contributed by atoms with E-state index < -0.39 is 0 Å². The van der Waals surface area contributed by atoms with Crippen LogP contribution in [0.15, 0.2) is 24.3 Å². The van der Waals surface area contributed by atoms with Gasteiger partial charge in [-0.25, -0.2) is 4.98 Å². The molecule has 1 aromatic carbocycles. The molecule has 3 aromatic rings. The molecule has 5 rings (SSSR count). The molecule has 2 aliphatic heterocycles. The molecular formula is C24H27N5O2. The molecule has 0 aliphatic carbocycles. The van der Waals surface area contributed by atoms with E-state index in [4.69, 9.17) is 9.72 Å². The van der Waals surface area contributed by atoms with Gasteiger partial charge in [0.2, 0.25) is 5.91 Å². The monoisotopic (exact) mass is 417 g/mol. The van der Waals surface area contributed by atoms with Crippen LogP contribution in [0.3, 0.4) is 0 Å². The van der Waals surface area contributed by atoms with Gasteiger partial charge in [0.15, 0.2) is 5.65 Å². The lowest BCUT2D eigenvalue weighted by molar-refractivity contribution is -0.129. The van der Waals surface area contributed by atoms with Gasteiger partial charge < -0.3 is 14.5 Å². The second kappa shape index (κ2) is 7.86. The standard InChI is InChI=1S/C24H27N5O2/c1-16-22(18-7-13-31-14-8-18)19(15-25)23-26-20-5-3-4-6-21(20)29(23)24(16)28-11-9-27(10-12-28)17(2)30/h3-6,18H,7-14H2,1-2H3. The molecule has 7 heteroatoms. The molecule has 2 aliphatic rings. The highest BCUT2D eigenvalue weighted by atomic mass is 16.5. The Morgan fingerprint density at radius 1 is 1.16 bits per heavy atom. The summed E-state index contributed by atoms with van der Waals surface area (Å²) < 4.78 is 7.76. The molecule has 1 amide bonds. The number of aromatic nitrogens is 2. The molecule has 0 N–H and O–H groups in total. The molecule has 2 fully saturated rings. The van der Waals surface area contributed by atoms with Gasteiger partial charge in [0.25, 0.3) is 0 Å². The Morgan fingerprint density at radius 3 is 2.55 bits per heavy atom. The van der Waals surface area contributed by atoms with E-state index in [0.717, 1.165) is 72.8 Å². The third-order valence-corrected chi connectivity index (χ3v) is 6.77. The van der Waals surface area contributed by atoms with Crippen molar-refractivity contribution in [3.8, 4) is 6.07 Å². The summed E-state index contributed by atoms with van der Waals surface area (Å²) in [6.45, 7) is 8.17. The van der Waals surface area contributed by atoms with Gasteiger partial charge in [-0.15, -0.1) is 0 Å². The quantitative estimate of drug-likeness (QED) is 0.640. The Hall–Kier alpha value is -3.11.